The number of nitrogens with one attached hydrogen (secondary N) is 1. The molecule has 104 valence electrons. The maximum Gasteiger partial charge on any atom is 0.219 e. The van der Waals surface area contributed by atoms with Gasteiger partial charge in [0.2, 0.25) is 5.91 Å². The van der Waals surface area contributed by atoms with Crippen LogP contribution in [0, 0.1) is 0 Å². The number of fused-ring (bicyclic) bond motifs is 1. The van der Waals surface area contributed by atoms with E-state index in [0.29, 0.717) is 26.2 Å². The average Bonchev–Trinajstić information content (AvgIpc) is 2.63. The highest BCUT2D eigenvalue weighted by Crippen LogP contribution is 2.30. The van der Waals surface area contributed by atoms with Gasteiger partial charge in [-0.05, 0) is 30.5 Å². The molecule has 1 aromatic carbocycles. The molecule has 1 aromatic rings. The van der Waals surface area contributed by atoms with Crippen molar-refractivity contribution in [2.45, 2.75) is 32.6 Å². The topological polar surface area (TPSA) is 47.6 Å². The van der Waals surface area contributed by atoms with Gasteiger partial charge in [0.05, 0.1) is 13.2 Å². The van der Waals surface area contributed by atoms with Gasteiger partial charge in [0, 0.05) is 19.4 Å². The predicted molar refractivity (Wildman–Crippen MR) is 73.7 cm³/mol. The zero-order chi connectivity index (χ0) is 13.5. The Morgan fingerprint density at radius 1 is 1.26 bits per heavy atom. The molecule has 0 radical (unpaired) electrons. The first-order valence-electron chi connectivity index (χ1n) is 6.95. The Morgan fingerprint density at radius 3 is 2.84 bits per heavy atom. The van der Waals surface area contributed by atoms with Crippen molar-refractivity contribution in [3.05, 3.63) is 23.8 Å². The van der Waals surface area contributed by atoms with Gasteiger partial charge >= 0.3 is 0 Å². The second-order valence-electron chi connectivity index (χ2n) is 4.68. The quantitative estimate of drug-likeness (QED) is 0.886. The summed E-state index contributed by atoms with van der Waals surface area (Å²) in [4.78, 5) is 11.4. The van der Waals surface area contributed by atoms with Crippen LogP contribution in [0.4, 0.5) is 0 Å². The molecular weight excluding hydrogens is 242 g/mol. The van der Waals surface area contributed by atoms with E-state index in [4.69, 9.17) is 9.47 Å². The molecule has 19 heavy (non-hydrogen) atoms. The molecule has 1 heterocycles. The third-order valence-corrected chi connectivity index (χ3v) is 3.02. The molecule has 0 aliphatic carbocycles. The molecule has 1 aliphatic rings. The van der Waals surface area contributed by atoms with E-state index in [9.17, 15) is 4.79 Å². The van der Waals surface area contributed by atoms with Gasteiger partial charge in [-0.3, -0.25) is 4.79 Å². The van der Waals surface area contributed by atoms with Crippen molar-refractivity contribution < 1.29 is 14.3 Å². The monoisotopic (exact) mass is 263 g/mol. The minimum atomic E-state index is 0.122. The Balaban J connectivity index is 1.87. The van der Waals surface area contributed by atoms with Crippen LogP contribution in [0.3, 0.4) is 0 Å². The zero-order valence-electron chi connectivity index (χ0n) is 11.4. The van der Waals surface area contributed by atoms with Crippen LogP contribution in [0.2, 0.25) is 0 Å². The first-order chi connectivity index (χ1) is 9.29. The van der Waals surface area contributed by atoms with Gasteiger partial charge < -0.3 is 14.8 Å². The molecule has 0 aromatic heterocycles. The highest BCUT2D eigenvalue weighted by molar-refractivity contribution is 5.75. The Hall–Kier alpha value is -1.71. The number of carbonyl (C=O) groups excluding carboxylic acids is 1. The second kappa shape index (κ2) is 7.02. The van der Waals surface area contributed by atoms with Crippen molar-refractivity contribution in [1.82, 2.24) is 5.32 Å². The van der Waals surface area contributed by atoms with Gasteiger partial charge in [-0.2, -0.15) is 0 Å². The van der Waals surface area contributed by atoms with E-state index in [1.807, 2.05) is 25.1 Å². The number of benzene rings is 1. The SMILES string of the molecule is CCCC(=O)NCCc1ccc2c(c1)OCCCO2. The Kier molecular flexibility index (Phi) is 5.07. The number of hydrogen-bond acceptors (Lipinski definition) is 3. The van der Waals surface area contributed by atoms with Crippen molar-refractivity contribution in [2.24, 2.45) is 0 Å². The van der Waals surface area contributed by atoms with E-state index in [0.717, 1.165) is 36.3 Å². The molecule has 1 N–H and O–H groups in total. The van der Waals surface area contributed by atoms with Gasteiger partial charge in [-0.25, -0.2) is 0 Å². The normalized spacial score (nSPS) is 13.7. The molecule has 1 aliphatic heterocycles. The lowest BCUT2D eigenvalue weighted by Crippen LogP contribution is -2.25. The lowest BCUT2D eigenvalue weighted by atomic mass is 10.1. The maximum absolute atomic E-state index is 11.4. The molecule has 0 atom stereocenters. The van der Waals surface area contributed by atoms with Crippen LogP contribution in [0.25, 0.3) is 0 Å². The van der Waals surface area contributed by atoms with Crippen LogP contribution in [0.15, 0.2) is 18.2 Å². The maximum atomic E-state index is 11.4. The van der Waals surface area contributed by atoms with E-state index in [1.54, 1.807) is 0 Å². The third kappa shape index (κ3) is 4.16. The standard InChI is InChI=1S/C15H21NO3/c1-2-4-15(17)16-8-7-12-5-6-13-14(11-12)19-10-3-9-18-13/h5-6,11H,2-4,7-10H2,1H3,(H,16,17). The summed E-state index contributed by atoms with van der Waals surface area (Å²) in [5.41, 5.74) is 1.15. The molecule has 0 spiro atoms. The molecule has 0 saturated heterocycles. The molecule has 0 fully saturated rings. The van der Waals surface area contributed by atoms with Gasteiger partial charge in [0.25, 0.3) is 0 Å². The summed E-state index contributed by atoms with van der Waals surface area (Å²) in [5.74, 6) is 1.75. The van der Waals surface area contributed by atoms with Crippen LogP contribution in [0.5, 0.6) is 11.5 Å². The van der Waals surface area contributed by atoms with Crippen LogP contribution >= 0.6 is 0 Å². The second-order valence-corrected chi connectivity index (χ2v) is 4.68. The molecular formula is C15H21NO3. The number of hydrogen-bond donors (Lipinski definition) is 1. The fraction of sp³-hybridized carbons (Fsp3) is 0.533. The highest BCUT2D eigenvalue weighted by atomic mass is 16.5. The fourth-order valence-electron chi connectivity index (χ4n) is 2.02. The van der Waals surface area contributed by atoms with Crippen LogP contribution in [-0.4, -0.2) is 25.7 Å². The molecule has 1 amide bonds. The van der Waals surface area contributed by atoms with Crippen molar-refractivity contribution in [1.29, 1.82) is 0 Å². The predicted octanol–water partition coefficient (Wildman–Crippen LogP) is 2.31. The van der Waals surface area contributed by atoms with E-state index >= 15 is 0 Å². The smallest absolute Gasteiger partial charge is 0.219 e. The fourth-order valence-corrected chi connectivity index (χ4v) is 2.02. The first kappa shape index (κ1) is 13.7. The summed E-state index contributed by atoms with van der Waals surface area (Å²) in [6.45, 7) is 4.07. The Morgan fingerprint density at radius 2 is 2.05 bits per heavy atom. The van der Waals surface area contributed by atoms with E-state index in [1.165, 1.54) is 0 Å². The molecule has 4 heteroatoms. The van der Waals surface area contributed by atoms with Gasteiger partial charge in [0.15, 0.2) is 11.5 Å². The summed E-state index contributed by atoms with van der Waals surface area (Å²) >= 11 is 0. The van der Waals surface area contributed by atoms with E-state index in [2.05, 4.69) is 5.32 Å². The van der Waals surface area contributed by atoms with Crippen molar-refractivity contribution in [2.75, 3.05) is 19.8 Å². The minimum absolute atomic E-state index is 0.122. The molecule has 2 rings (SSSR count). The molecule has 0 saturated carbocycles. The summed E-state index contributed by atoms with van der Waals surface area (Å²) in [5, 5.41) is 2.91. The molecule has 4 nitrogen and oxygen atoms in total. The van der Waals surface area contributed by atoms with Crippen LogP contribution in [-0.2, 0) is 11.2 Å². The van der Waals surface area contributed by atoms with Crippen molar-refractivity contribution >= 4 is 5.91 Å². The average molecular weight is 263 g/mol. The van der Waals surface area contributed by atoms with Gasteiger partial charge in [0.1, 0.15) is 0 Å². The lowest BCUT2D eigenvalue weighted by molar-refractivity contribution is -0.121. The Labute approximate surface area is 114 Å². The summed E-state index contributed by atoms with van der Waals surface area (Å²) in [7, 11) is 0. The first-order valence-corrected chi connectivity index (χ1v) is 6.95. The Bertz CT molecular complexity index is 431. The van der Waals surface area contributed by atoms with Crippen molar-refractivity contribution in [3.63, 3.8) is 0 Å². The summed E-state index contributed by atoms with van der Waals surface area (Å²) in [6.07, 6.45) is 3.21. The highest BCUT2D eigenvalue weighted by Gasteiger charge is 2.10. The largest absolute Gasteiger partial charge is 0.490 e. The number of rotatable bonds is 5. The number of ether oxygens (including phenoxy) is 2. The van der Waals surface area contributed by atoms with Crippen LogP contribution < -0.4 is 14.8 Å². The van der Waals surface area contributed by atoms with Crippen molar-refractivity contribution in [3.8, 4) is 11.5 Å². The van der Waals surface area contributed by atoms with E-state index < -0.39 is 0 Å². The zero-order valence-corrected chi connectivity index (χ0v) is 11.4. The van der Waals surface area contributed by atoms with Crippen LogP contribution in [0.1, 0.15) is 31.7 Å². The van der Waals surface area contributed by atoms with Gasteiger partial charge in [-0.15, -0.1) is 0 Å². The summed E-state index contributed by atoms with van der Waals surface area (Å²) in [6, 6.07) is 5.98. The van der Waals surface area contributed by atoms with Gasteiger partial charge in [-0.1, -0.05) is 13.0 Å². The third-order valence-electron chi connectivity index (χ3n) is 3.02. The number of amides is 1. The van der Waals surface area contributed by atoms with E-state index in [-0.39, 0.29) is 5.91 Å². The molecule has 0 bridgehead atoms. The molecule has 0 unspecified atom stereocenters. The number of carbonyl (C=O) groups is 1. The minimum Gasteiger partial charge on any atom is -0.490 e. The summed E-state index contributed by atoms with van der Waals surface area (Å²) < 4.78 is 11.2. The lowest BCUT2D eigenvalue weighted by Gasteiger charge is -2.09.